The predicted octanol–water partition coefficient (Wildman–Crippen LogP) is 2.71. The molecule has 1 heterocycles. The van der Waals surface area contributed by atoms with E-state index < -0.39 is 11.8 Å². The molecule has 0 saturated carbocycles. The number of benzene rings is 1. The number of hydrogen-bond donors (Lipinski definition) is 0. The first-order valence-corrected chi connectivity index (χ1v) is 6.67. The SMILES string of the molecule is CC1CC(F)(C=O)CCN1C(=O)OCc1ccccc1. The molecule has 1 amide bonds. The topological polar surface area (TPSA) is 46.6 Å². The molecule has 1 aliphatic heterocycles. The Morgan fingerprint density at radius 2 is 2.20 bits per heavy atom. The van der Waals surface area contributed by atoms with Crippen LogP contribution in [0.2, 0.25) is 0 Å². The minimum absolute atomic E-state index is 0.0247. The van der Waals surface area contributed by atoms with Crippen LogP contribution in [0, 0.1) is 0 Å². The molecule has 0 aliphatic carbocycles. The quantitative estimate of drug-likeness (QED) is 0.799. The van der Waals surface area contributed by atoms with Crippen molar-refractivity contribution in [2.75, 3.05) is 6.54 Å². The lowest BCUT2D eigenvalue weighted by atomic mass is 9.90. The maximum atomic E-state index is 13.9. The Labute approximate surface area is 117 Å². The number of carbonyl (C=O) groups excluding carboxylic acids is 2. The first-order valence-electron chi connectivity index (χ1n) is 6.67. The van der Waals surface area contributed by atoms with Gasteiger partial charge in [-0.05, 0) is 12.5 Å². The van der Waals surface area contributed by atoms with E-state index in [1.807, 2.05) is 30.3 Å². The molecule has 1 aromatic carbocycles. The molecule has 0 spiro atoms. The second kappa shape index (κ2) is 6.03. The molecule has 4 nitrogen and oxygen atoms in total. The summed E-state index contributed by atoms with van der Waals surface area (Å²) in [6, 6.07) is 9.01. The van der Waals surface area contributed by atoms with Gasteiger partial charge in [-0.15, -0.1) is 0 Å². The van der Waals surface area contributed by atoms with Gasteiger partial charge in [-0.1, -0.05) is 30.3 Å². The van der Waals surface area contributed by atoms with Gasteiger partial charge < -0.3 is 9.64 Å². The molecule has 20 heavy (non-hydrogen) atoms. The number of ether oxygens (including phenoxy) is 1. The van der Waals surface area contributed by atoms with E-state index in [4.69, 9.17) is 4.74 Å². The number of carbonyl (C=O) groups is 2. The van der Waals surface area contributed by atoms with Gasteiger partial charge in [0.15, 0.2) is 12.0 Å². The number of nitrogens with zero attached hydrogens (tertiary/aromatic N) is 1. The maximum Gasteiger partial charge on any atom is 0.410 e. The van der Waals surface area contributed by atoms with Crippen molar-refractivity contribution in [1.29, 1.82) is 0 Å². The zero-order valence-electron chi connectivity index (χ0n) is 11.4. The molecule has 2 rings (SSSR count). The van der Waals surface area contributed by atoms with Gasteiger partial charge in [0.2, 0.25) is 0 Å². The van der Waals surface area contributed by atoms with Gasteiger partial charge in [0.05, 0.1) is 0 Å². The molecule has 2 unspecified atom stereocenters. The molecule has 0 N–H and O–H groups in total. The van der Waals surface area contributed by atoms with Gasteiger partial charge >= 0.3 is 6.09 Å². The molecule has 2 atom stereocenters. The Balaban J connectivity index is 1.89. The molecular formula is C15H18FNO3. The van der Waals surface area contributed by atoms with Crippen LogP contribution in [0.3, 0.4) is 0 Å². The van der Waals surface area contributed by atoms with Crippen LogP contribution in [0.4, 0.5) is 9.18 Å². The third kappa shape index (κ3) is 3.35. The lowest BCUT2D eigenvalue weighted by molar-refractivity contribution is -0.121. The van der Waals surface area contributed by atoms with Crippen molar-refractivity contribution in [2.45, 2.75) is 38.1 Å². The zero-order chi connectivity index (χ0) is 14.6. The summed E-state index contributed by atoms with van der Waals surface area (Å²) in [5.74, 6) is 0. The number of halogens is 1. The van der Waals surface area contributed by atoms with Crippen LogP contribution in [0.25, 0.3) is 0 Å². The van der Waals surface area contributed by atoms with Crippen molar-refractivity contribution < 1.29 is 18.7 Å². The largest absolute Gasteiger partial charge is 0.445 e. The van der Waals surface area contributed by atoms with Crippen LogP contribution in [0.15, 0.2) is 30.3 Å². The standard InChI is InChI=1S/C15H18FNO3/c1-12-9-15(16,11-18)7-8-17(12)14(19)20-10-13-5-3-2-4-6-13/h2-6,11-12H,7-10H2,1H3. The predicted molar refractivity (Wildman–Crippen MR) is 71.9 cm³/mol. The lowest BCUT2D eigenvalue weighted by Crippen LogP contribution is -2.50. The second-order valence-electron chi connectivity index (χ2n) is 5.19. The third-order valence-electron chi connectivity index (χ3n) is 3.59. The zero-order valence-corrected chi connectivity index (χ0v) is 11.4. The van der Waals surface area contributed by atoms with E-state index in [1.54, 1.807) is 6.92 Å². The summed E-state index contributed by atoms with van der Waals surface area (Å²) < 4.78 is 19.1. The smallest absolute Gasteiger partial charge is 0.410 e. The number of rotatable bonds is 3. The first kappa shape index (κ1) is 14.5. The minimum Gasteiger partial charge on any atom is -0.445 e. The third-order valence-corrected chi connectivity index (χ3v) is 3.59. The Hall–Kier alpha value is -1.91. The van der Waals surface area contributed by atoms with Gasteiger partial charge in [0.1, 0.15) is 6.61 Å². The van der Waals surface area contributed by atoms with Crippen molar-refractivity contribution in [3.8, 4) is 0 Å². The molecule has 0 aromatic heterocycles. The van der Waals surface area contributed by atoms with Crippen LogP contribution in [-0.2, 0) is 16.1 Å². The number of alkyl halides is 1. The van der Waals surface area contributed by atoms with Crippen molar-refractivity contribution in [2.24, 2.45) is 0 Å². The number of piperidine rings is 1. The lowest BCUT2D eigenvalue weighted by Gasteiger charge is -2.37. The molecule has 0 radical (unpaired) electrons. The average molecular weight is 279 g/mol. The summed E-state index contributed by atoms with van der Waals surface area (Å²) in [6.07, 6.45) is -0.0664. The molecule has 0 bridgehead atoms. The second-order valence-corrected chi connectivity index (χ2v) is 5.19. The number of amides is 1. The molecule has 1 aromatic rings. The molecule has 1 saturated heterocycles. The fourth-order valence-electron chi connectivity index (χ4n) is 2.41. The molecule has 5 heteroatoms. The van der Waals surface area contributed by atoms with Gasteiger partial charge in [-0.2, -0.15) is 0 Å². The van der Waals surface area contributed by atoms with E-state index in [9.17, 15) is 14.0 Å². The van der Waals surface area contributed by atoms with Crippen LogP contribution in [0.1, 0.15) is 25.3 Å². The van der Waals surface area contributed by atoms with Crippen LogP contribution in [0.5, 0.6) is 0 Å². The Bertz CT molecular complexity index is 479. The molecular weight excluding hydrogens is 261 g/mol. The van der Waals surface area contributed by atoms with E-state index >= 15 is 0 Å². The van der Waals surface area contributed by atoms with Crippen LogP contribution < -0.4 is 0 Å². The molecule has 1 aliphatic rings. The summed E-state index contributed by atoms with van der Waals surface area (Å²) in [5.41, 5.74) is -0.909. The van der Waals surface area contributed by atoms with Gasteiger partial charge in [-0.3, -0.25) is 4.79 Å². The van der Waals surface area contributed by atoms with E-state index in [-0.39, 0.29) is 32.0 Å². The summed E-state index contributed by atoms with van der Waals surface area (Å²) in [6.45, 7) is 2.11. The maximum absolute atomic E-state index is 13.9. The molecule has 108 valence electrons. The minimum atomic E-state index is -1.81. The average Bonchev–Trinajstić information content (AvgIpc) is 2.46. The normalized spacial score (nSPS) is 26.1. The van der Waals surface area contributed by atoms with Crippen molar-refractivity contribution in [1.82, 2.24) is 4.90 Å². The number of aldehydes is 1. The van der Waals surface area contributed by atoms with Crippen molar-refractivity contribution in [3.63, 3.8) is 0 Å². The summed E-state index contributed by atoms with van der Waals surface area (Å²) in [7, 11) is 0. The monoisotopic (exact) mass is 279 g/mol. The fourth-order valence-corrected chi connectivity index (χ4v) is 2.41. The molecule has 1 fully saturated rings. The first-order chi connectivity index (χ1) is 9.54. The van der Waals surface area contributed by atoms with E-state index in [0.29, 0.717) is 6.29 Å². The number of hydrogen-bond acceptors (Lipinski definition) is 3. The van der Waals surface area contributed by atoms with Crippen molar-refractivity contribution in [3.05, 3.63) is 35.9 Å². The summed E-state index contributed by atoms with van der Waals surface area (Å²) in [4.78, 5) is 24.2. The van der Waals surface area contributed by atoms with Gasteiger partial charge in [0, 0.05) is 25.4 Å². The van der Waals surface area contributed by atoms with Gasteiger partial charge in [0.25, 0.3) is 0 Å². The van der Waals surface area contributed by atoms with E-state index in [2.05, 4.69) is 0 Å². The highest BCUT2D eigenvalue weighted by atomic mass is 19.1. The van der Waals surface area contributed by atoms with E-state index in [0.717, 1.165) is 5.56 Å². The van der Waals surface area contributed by atoms with Crippen molar-refractivity contribution >= 4 is 12.4 Å². The Kier molecular flexibility index (Phi) is 4.37. The number of likely N-dealkylation sites (tertiary alicyclic amines) is 1. The highest BCUT2D eigenvalue weighted by molar-refractivity contribution is 5.69. The van der Waals surface area contributed by atoms with Crippen LogP contribution >= 0.6 is 0 Å². The highest BCUT2D eigenvalue weighted by Gasteiger charge is 2.40. The van der Waals surface area contributed by atoms with Gasteiger partial charge in [-0.25, -0.2) is 9.18 Å². The Morgan fingerprint density at radius 1 is 1.50 bits per heavy atom. The van der Waals surface area contributed by atoms with E-state index in [1.165, 1.54) is 4.90 Å². The highest BCUT2D eigenvalue weighted by Crippen LogP contribution is 2.29. The fraction of sp³-hybridized carbons (Fsp3) is 0.467. The Morgan fingerprint density at radius 3 is 2.80 bits per heavy atom. The summed E-state index contributed by atoms with van der Waals surface area (Å²) in [5, 5.41) is 0. The summed E-state index contributed by atoms with van der Waals surface area (Å²) >= 11 is 0. The van der Waals surface area contributed by atoms with Crippen LogP contribution in [-0.4, -0.2) is 35.5 Å².